The minimum atomic E-state index is -0.444. The summed E-state index contributed by atoms with van der Waals surface area (Å²) < 4.78 is 5.54. The Morgan fingerprint density at radius 2 is 2.12 bits per heavy atom. The fourth-order valence-corrected chi connectivity index (χ4v) is 2.11. The molecule has 0 fully saturated rings. The molecule has 2 aromatic rings. The third-order valence-electron chi connectivity index (χ3n) is 3.46. The average Bonchev–Trinajstić information content (AvgIpc) is 2.88. The first-order valence-corrected chi connectivity index (χ1v) is 7.83. The highest BCUT2D eigenvalue weighted by atomic mass is 16.4. The SMILES string of the molecule is CCNC(=NCc1cccc(C(N)=O)c1)NCc1nc(C)c(C)o1. The third kappa shape index (κ3) is 4.84. The van der Waals surface area contributed by atoms with Crippen LogP contribution in [0.3, 0.4) is 0 Å². The summed E-state index contributed by atoms with van der Waals surface area (Å²) in [7, 11) is 0. The molecule has 0 atom stereocenters. The maximum Gasteiger partial charge on any atom is 0.248 e. The molecule has 0 aliphatic carbocycles. The number of carbonyl (C=O) groups is 1. The van der Waals surface area contributed by atoms with Gasteiger partial charge in [-0.25, -0.2) is 9.98 Å². The molecule has 0 aliphatic heterocycles. The van der Waals surface area contributed by atoms with Crippen molar-refractivity contribution in [2.75, 3.05) is 6.54 Å². The van der Waals surface area contributed by atoms with Gasteiger partial charge in [-0.1, -0.05) is 12.1 Å². The Morgan fingerprint density at radius 1 is 1.33 bits per heavy atom. The Bertz CT molecular complexity index is 717. The lowest BCUT2D eigenvalue weighted by Gasteiger charge is -2.10. The Labute approximate surface area is 141 Å². The molecule has 1 aromatic carbocycles. The quantitative estimate of drug-likeness (QED) is 0.552. The molecule has 24 heavy (non-hydrogen) atoms. The highest BCUT2D eigenvalue weighted by molar-refractivity contribution is 5.92. The van der Waals surface area contributed by atoms with Gasteiger partial charge in [0.15, 0.2) is 5.96 Å². The van der Waals surface area contributed by atoms with Crippen LogP contribution in [0.25, 0.3) is 0 Å². The summed E-state index contributed by atoms with van der Waals surface area (Å²) in [6.45, 7) is 7.40. The lowest BCUT2D eigenvalue weighted by molar-refractivity contribution is 0.1000. The predicted molar refractivity (Wildman–Crippen MR) is 92.6 cm³/mol. The van der Waals surface area contributed by atoms with E-state index < -0.39 is 5.91 Å². The van der Waals surface area contributed by atoms with Crippen molar-refractivity contribution in [3.63, 3.8) is 0 Å². The van der Waals surface area contributed by atoms with Crippen LogP contribution in [0.1, 0.15) is 40.2 Å². The lowest BCUT2D eigenvalue weighted by Crippen LogP contribution is -2.36. The molecular formula is C17H23N5O2. The summed E-state index contributed by atoms with van der Waals surface area (Å²) in [5.41, 5.74) is 7.57. The zero-order chi connectivity index (χ0) is 17.5. The zero-order valence-electron chi connectivity index (χ0n) is 14.2. The molecule has 0 saturated carbocycles. The first kappa shape index (κ1) is 17.5. The summed E-state index contributed by atoms with van der Waals surface area (Å²) >= 11 is 0. The van der Waals surface area contributed by atoms with Crippen LogP contribution in [-0.2, 0) is 13.1 Å². The number of aromatic nitrogens is 1. The number of amides is 1. The largest absolute Gasteiger partial charge is 0.444 e. The minimum absolute atomic E-state index is 0.431. The normalized spacial score (nSPS) is 11.4. The van der Waals surface area contributed by atoms with Crippen molar-refractivity contribution in [1.82, 2.24) is 15.6 Å². The minimum Gasteiger partial charge on any atom is -0.444 e. The molecule has 1 heterocycles. The van der Waals surface area contributed by atoms with Gasteiger partial charge in [0.1, 0.15) is 5.76 Å². The van der Waals surface area contributed by atoms with E-state index in [4.69, 9.17) is 10.2 Å². The van der Waals surface area contributed by atoms with Gasteiger partial charge in [0.25, 0.3) is 0 Å². The van der Waals surface area contributed by atoms with Crippen molar-refractivity contribution < 1.29 is 9.21 Å². The number of aryl methyl sites for hydroxylation is 2. The van der Waals surface area contributed by atoms with Gasteiger partial charge in [0, 0.05) is 12.1 Å². The topological polar surface area (TPSA) is 106 Å². The van der Waals surface area contributed by atoms with Crippen molar-refractivity contribution in [2.45, 2.75) is 33.9 Å². The summed E-state index contributed by atoms with van der Waals surface area (Å²) in [6, 6.07) is 7.13. The van der Waals surface area contributed by atoms with Crippen LogP contribution in [0.4, 0.5) is 0 Å². The third-order valence-corrected chi connectivity index (χ3v) is 3.46. The van der Waals surface area contributed by atoms with Gasteiger partial charge >= 0.3 is 0 Å². The van der Waals surface area contributed by atoms with E-state index in [0.717, 1.165) is 23.6 Å². The van der Waals surface area contributed by atoms with Crippen molar-refractivity contribution in [1.29, 1.82) is 0 Å². The molecule has 128 valence electrons. The maximum atomic E-state index is 11.2. The van der Waals surface area contributed by atoms with Gasteiger partial charge in [-0.3, -0.25) is 4.79 Å². The van der Waals surface area contributed by atoms with Gasteiger partial charge < -0.3 is 20.8 Å². The number of rotatable bonds is 6. The second-order valence-corrected chi connectivity index (χ2v) is 5.36. The van der Waals surface area contributed by atoms with E-state index in [1.807, 2.05) is 26.8 Å². The molecule has 7 nitrogen and oxygen atoms in total. The first-order valence-electron chi connectivity index (χ1n) is 7.83. The van der Waals surface area contributed by atoms with E-state index in [9.17, 15) is 4.79 Å². The van der Waals surface area contributed by atoms with Crippen molar-refractivity contribution in [3.8, 4) is 0 Å². The fourth-order valence-electron chi connectivity index (χ4n) is 2.11. The summed E-state index contributed by atoms with van der Waals surface area (Å²) in [5, 5.41) is 6.34. The van der Waals surface area contributed by atoms with Crippen molar-refractivity contribution >= 4 is 11.9 Å². The number of nitrogens with zero attached hydrogens (tertiary/aromatic N) is 2. The maximum absolute atomic E-state index is 11.2. The van der Waals surface area contributed by atoms with Gasteiger partial charge in [0.2, 0.25) is 11.8 Å². The van der Waals surface area contributed by atoms with Crippen molar-refractivity contribution in [2.24, 2.45) is 10.7 Å². The van der Waals surface area contributed by atoms with Crippen LogP contribution in [0, 0.1) is 13.8 Å². The van der Waals surface area contributed by atoms with Gasteiger partial charge in [-0.2, -0.15) is 0 Å². The number of carbonyl (C=O) groups excluding carboxylic acids is 1. The van der Waals surface area contributed by atoms with E-state index in [0.29, 0.717) is 30.5 Å². The average molecular weight is 329 g/mol. The number of hydrogen-bond donors (Lipinski definition) is 3. The van der Waals surface area contributed by atoms with Gasteiger partial charge in [-0.05, 0) is 38.5 Å². The molecule has 0 unspecified atom stereocenters. The molecule has 0 spiro atoms. The molecule has 1 aromatic heterocycles. The van der Waals surface area contributed by atoms with E-state index in [-0.39, 0.29) is 0 Å². The summed E-state index contributed by atoms with van der Waals surface area (Å²) in [4.78, 5) is 20.1. The summed E-state index contributed by atoms with van der Waals surface area (Å²) in [6.07, 6.45) is 0. The van der Waals surface area contributed by atoms with E-state index in [1.54, 1.807) is 18.2 Å². The standard InChI is InChI=1S/C17H23N5O2/c1-4-19-17(21-10-15-22-11(2)12(3)24-15)20-9-13-6-5-7-14(8-13)16(18)23/h5-8H,4,9-10H2,1-3H3,(H2,18,23)(H2,19,20,21). The smallest absolute Gasteiger partial charge is 0.248 e. The van der Waals surface area contributed by atoms with Crippen LogP contribution in [-0.4, -0.2) is 23.4 Å². The van der Waals surface area contributed by atoms with Crippen LogP contribution in [0.2, 0.25) is 0 Å². The Hall–Kier alpha value is -2.83. The molecule has 0 aliphatic rings. The Kier molecular flexibility index (Phi) is 5.95. The highest BCUT2D eigenvalue weighted by Crippen LogP contribution is 2.08. The molecule has 4 N–H and O–H groups in total. The number of primary amides is 1. The molecule has 7 heteroatoms. The fraction of sp³-hybridized carbons (Fsp3) is 0.353. The molecule has 0 bridgehead atoms. The number of hydrogen-bond acceptors (Lipinski definition) is 4. The van der Waals surface area contributed by atoms with Crippen LogP contribution in [0.15, 0.2) is 33.7 Å². The van der Waals surface area contributed by atoms with Crippen LogP contribution in [0.5, 0.6) is 0 Å². The predicted octanol–water partition coefficient (Wildman–Crippen LogP) is 1.65. The lowest BCUT2D eigenvalue weighted by atomic mass is 10.1. The first-order chi connectivity index (χ1) is 11.5. The number of benzene rings is 1. The Balaban J connectivity index is 2.02. The monoisotopic (exact) mass is 329 g/mol. The van der Waals surface area contributed by atoms with E-state index in [1.165, 1.54) is 0 Å². The summed E-state index contributed by atoms with van der Waals surface area (Å²) in [5.74, 6) is 1.64. The van der Waals surface area contributed by atoms with Crippen molar-refractivity contribution in [3.05, 3.63) is 52.7 Å². The number of guanidine groups is 1. The Morgan fingerprint density at radius 3 is 2.75 bits per heavy atom. The van der Waals surface area contributed by atoms with Gasteiger partial charge in [-0.15, -0.1) is 0 Å². The number of nitrogens with two attached hydrogens (primary N) is 1. The second-order valence-electron chi connectivity index (χ2n) is 5.36. The number of oxazole rings is 1. The van der Waals surface area contributed by atoms with Gasteiger partial charge in [0.05, 0.1) is 18.8 Å². The highest BCUT2D eigenvalue weighted by Gasteiger charge is 2.06. The molecule has 1 amide bonds. The molecule has 2 rings (SSSR count). The number of aliphatic imine (C=N–C) groups is 1. The molecule has 0 saturated heterocycles. The number of nitrogens with one attached hydrogen (secondary N) is 2. The zero-order valence-corrected chi connectivity index (χ0v) is 14.2. The van der Waals surface area contributed by atoms with Crippen LogP contribution >= 0.6 is 0 Å². The van der Waals surface area contributed by atoms with E-state index >= 15 is 0 Å². The molecular weight excluding hydrogens is 306 g/mol. The van der Waals surface area contributed by atoms with Crippen LogP contribution < -0.4 is 16.4 Å². The molecule has 0 radical (unpaired) electrons. The van der Waals surface area contributed by atoms with E-state index in [2.05, 4.69) is 20.6 Å². The second kappa shape index (κ2) is 8.14.